The number of H-pyrrole nitrogens is 1. The van der Waals surface area contributed by atoms with Crippen LogP contribution in [0.5, 0.6) is 0 Å². The van der Waals surface area contributed by atoms with Crippen LogP contribution in [0.25, 0.3) is 0 Å². The Hall–Kier alpha value is -1.34. The van der Waals surface area contributed by atoms with E-state index in [1.54, 1.807) is 0 Å². The molecule has 1 aromatic rings. The average Bonchev–Trinajstić information content (AvgIpc) is 2.51. The van der Waals surface area contributed by atoms with Crippen LogP contribution in [0, 0.1) is 0 Å². The highest BCUT2D eigenvalue weighted by Crippen LogP contribution is 2.20. The van der Waals surface area contributed by atoms with Crippen molar-refractivity contribution in [3.8, 4) is 0 Å². The van der Waals surface area contributed by atoms with E-state index in [0.29, 0.717) is 10.7 Å². The molecular weight excluding hydrogens is 218 g/mol. The number of carbonyl (C=O) groups is 2. The quantitative estimate of drug-likeness (QED) is 0.627. The van der Waals surface area contributed by atoms with Gasteiger partial charge in [-0.15, -0.1) is 0 Å². The highest BCUT2D eigenvalue weighted by molar-refractivity contribution is 8.13. The number of carboxylic acid groups (broad SMARTS) is 1. The fraction of sp³-hybridized carbons (Fsp3) is 0.375. The molecule has 7 heteroatoms. The fourth-order valence-corrected chi connectivity index (χ4v) is 1.63. The van der Waals surface area contributed by atoms with Crippen LogP contribution in [0.1, 0.15) is 12.6 Å². The second-order valence-electron chi connectivity index (χ2n) is 2.93. The van der Waals surface area contributed by atoms with Crippen molar-refractivity contribution in [2.45, 2.75) is 24.4 Å². The summed E-state index contributed by atoms with van der Waals surface area (Å²) in [5.74, 6) is -1.08. The van der Waals surface area contributed by atoms with E-state index < -0.39 is 12.0 Å². The van der Waals surface area contributed by atoms with E-state index in [1.807, 2.05) is 0 Å². The lowest BCUT2D eigenvalue weighted by molar-refractivity contribution is -0.138. The minimum Gasteiger partial charge on any atom is -0.480 e. The van der Waals surface area contributed by atoms with Gasteiger partial charge in [0.15, 0.2) is 5.12 Å². The van der Waals surface area contributed by atoms with E-state index >= 15 is 0 Å². The number of nitrogens with zero attached hydrogens (tertiary/aromatic N) is 1. The Labute approximate surface area is 90.3 Å². The smallest absolute Gasteiger partial charge is 0.320 e. The van der Waals surface area contributed by atoms with E-state index in [1.165, 1.54) is 13.3 Å². The Bertz CT molecular complexity index is 377. The first kappa shape index (κ1) is 11.7. The maximum absolute atomic E-state index is 10.8. The summed E-state index contributed by atoms with van der Waals surface area (Å²) < 4.78 is 0. The first-order valence-electron chi connectivity index (χ1n) is 4.19. The number of carbonyl (C=O) groups excluding carboxylic acids is 1. The molecule has 1 aromatic heterocycles. The number of nitrogens with one attached hydrogen (secondary N) is 1. The van der Waals surface area contributed by atoms with Gasteiger partial charge in [-0.05, 0) is 11.8 Å². The predicted octanol–water partition coefficient (Wildman–Crippen LogP) is 0.00270. The topological polar surface area (TPSA) is 109 Å². The van der Waals surface area contributed by atoms with Gasteiger partial charge in [0, 0.05) is 13.3 Å². The Morgan fingerprint density at radius 2 is 2.40 bits per heavy atom. The lowest BCUT2D eigenvalue weighted by atomic mass is 10.2. The first-order chi connectivity index (χ1) is 7.00. The largest absolute Gasteiger partial charge is 0.480 e. The molecule has 6 nitrogen and oxygen atoms in total. The van der Waals surface area contributed by atoms with Crippen molar-refractivity contribution in [2.24, 2.45) is 5.73 Å². The predicted molar refractivity (Wildman–Crippen MR) is 54.4 cm³/mol. The summed E-state index contributed by atoms with van der Waals surface area (Å²) in [6.07, 6.45) is 1.54. The Morgan fingerprint density at radius 1 is 1.73 bits per heavy atom. The molecular formula is C8H11N3O3S. The average molecular weight is 229 g/mol. The number of aromatic nitrogens is 2. The summed E-state index contributed by atoms with van der Waals surface area (Å²) in [6, 6.07) is -0.989. The Morgan fingerprint density at radius 3 is 2.93 bits per heavy atom. The second-order valence-corrected chi connectivity index (χ2v) is 4.09. The molecule has 0 saturated heterocycles. The summed E-state index contributed by atoms with van der Waals surface area (Å²) >= 11 is 0.956. The molecule has 0 radical (unpaired) electrons. The third-order valence-electron chi connectivity index (χ3n) is 1.66. The third-order valence-corrected chi connectivity index (χ3v) is 2.49. The summed E-state index contributed by atoms with van der Waals surface area (Å²) in [4.78, 5) is 28.0. The van der Waals surface area contributed by atoms with Crippen molar-refractivity contribution < 1.29 is 14.7 Å². The molecule has 0 aliphatic rings. The summed E-state index contributed by atoms with van der Waals surface area (Å²) in [5, 5.41) is 9.00. The molecule has 1 heterocycles. The number of hydrogen-bond acceptors (Lipinski definition) is 5. The van der Waals surface area contributed by atoms with Gasteiger partial charge >= 0.3 is 5.97 Å². The van der Waals surface area contributed by atoms with Crippen LogP contribution in [0.3, 0.4) is 0 Å². The molecule has 1 atom stereocenters. The molecule has 0 fully saturated rings. The number of thioether (sulfide) groups is 1. The molecule has 1 rings (SSSR count). The molecule has 0 bridgehead atoms. The number of rotatable bonds is 4. The molecule has 15 heavy (non-hydrogen) atoms. The van der Waals surface area contributed by atoms with Crippen LogP contribution >= 0.6 is 11.8 Å². The van der Waals surface area contributed by atoms with Crippen LogP contribution < -0.4 is 5.73 Å². The van der Waals surface area contributed by atoms with Crippen molar-refractivity contribution in [1.29, 1.82) is 0 Å². The minimum absolute atomic E-state index is 0.104. The lowest BCUT2D eigenvalue weighted by Gasteiger charge is -2.05. The number of aliphatic carboxylic acids is 1. The SMILES string of the molecule is CC(=O)Sc1nc[nH]c1C[C@@H](N)C(=O)O. The zero-order valence-electron chi connectivity index (χ0n) is 8.06. The van der Waals surface area contributed by atoms with Crippen LogP contribution in [-0.4, -0.2) is 32.2 Å². The Kier molecular flexibility index (Phi) is 3.87. The lowest BCUT2D eigenvalue weighted by Crippen LogP contribution is -2.32. The summed E-state index contributed by atoms with van der Waals surface area (Å²) in [6.45, 7) is 1.42. The van der Waals surface area contributed by atoms with Crippen LogP contribution in [0.4, 0.5) is 0 Å². The monoisotopic (exact) mass is 229 g/mol. The number of nitrogens with two attached hydrogens (primary N) is 1. The van der Waals surface area contributed by atoms with Gasteiger partial charge in [-0.3, -0.25) is 9.59 Å². The zero-order chi connectivity index (χ0) is 11.4. The van der Waals surface area contributed by atoms with Crippen molar-refractivity contribution in [1.82, 2.24) is 9.97 Å². The van der Waals surface area contributed by atoms with Crippen molar-refractivity contribution >= 4 is 22.8 Å². The van der Waals surface area contributed by atoms with E-state index in [4.69, 9.17) is 10.8 Å². The minimum atomic E-state index is -1.08. The van der Waals surface area contributed by atoms with Gasteiger partial charge in [-0.2, -0.15) is 0 Å². The van der Waals surface area contributed by atoms with Crippen LogP contribution in [0.2, 0.25) is 0 Å². The van der Waals surface area contributed by atoms with Gasteiger partial charge in [0.2, 0.25) is 0 Å². The van der Waals surface area contributed by atoms with E-state index in [0.717, 1.165) is 11.8 Å². The number of hydrogen-bond donors (Lipinski definition) is 3. The third kappa shape index (κ3) is 3.37. The van der Waals surface area contributed by atoms with Gasteiger partial charge in [-0.1, -0.05) is 0 Å². The van der Waals surface area contributed by atoms with Crippen molar-refractivity contribution in [3.05, 3.63) is 12.0 Å². The van der Waals surface area contributed by atoms with Crippen molar-refractivity contribution in [2.75, 3.05) is 0 Å². The van der Waals surface area contributed by atoms with Gasteiger partial charge < -0.3 is 15.8 Å². The maximum atomic E-state index is 10.8. The first-order valence-corrected chi connectivity index (χ1v) is 5.01. The van der Waals surface area contributed by atoms with Crippen LogP contribution in [-0.2, 0) is 16.0 Å². The van der Waals surface area contributed by atoms with Gasteiger partial charge in [0.1, 0.15) is 11.1 Å². The highest BCUT2D eigenvalue weighted by atomic mass is 32.2. The Balaban J connectivity index is 2.72. The molecule has 0 unspecified atom stereocenters. The normalized spacial score (nSPS) is 12.4. The van der Waals surface area contributed by atoms with Crippen molar-refractivity contribution in [3.63, 3.8) is 0 Å². The summed E-state index contributed by atoms with van der Waals surface area (Å²) in [5.41, 5.74) is 5.94. The van der Waals surface area contributed by atoms with E-state index in [-0.39, 0.29) is 11.5 Å². The van der Waals surface area contributed by atoms with E-state index in [9.17, 15) is 9.59 Å². The molecule has 0 aliphatic heterocycles. The standard InChI is InChI=1S/C8H11N3O3S/c1-4(12)15-7-6(10-3-11-7)2-5(9)8(13)14/h3,5H,2,9H2,1H3,(H,10,11)(H,13,14)/t5-/m1/s1. The molecule has 0 aromatic carbocycles. The molecule has 0 aliphatic carbocycles. The number of aromatic amines is 1. The van der Waals surface area contributed by atoms with Gasteiger partial charge in [0.25, 0.3) is 0 Å². The number of imidazole rings is 1. The summed E-state index contributed by atoms with van der Waals surface area (Å²) in [7, 11) is 0. The highest BCUT2D eigenvalue weighted by Gasteiger charge is 2.17. The second kappa shape index (κ2) is 4.94. The van der Waals surface area contributed by atoms with Gasteiger partial charge in [-0.25, -0.2) is 4.98 Å². The molecule has 0 spiro atoms. The number of carboxylic acids is 1. The van der Waals surface area contributed by atoms with Crippen LogP contribution in [0.15, 0.2) is 11.4 Å². The fourth-order valence-electron chi connectivity index (χ4n) is 0.986. The molecule has 0 saturated carbocycles. The molecule has 4 N–H and O–H groups in total. The van der Waals surface area contributed by atoms with E-state index in [2.05, 4.69) is 9.97 Å². The maximum Gasteiger partial charge on any atom is 0.320 e. The molecule has 82 valence electrons. The van der Waals surface area contributed by atoms with Gasteiger partial charge in [0.05, 0.1) is 12.0 Å². The molecule has 0 amide bonds. The zero-order valence-corrected chi connectivity index (χ0v) is 8.87.